The third kappa shape index (κ3) is 3.26. The number of aromatic nitrogens is 2. The van der Waals surface area contributed by atoms with Gasteiger partial charge in [0.05, 0.1) is 17.9 Å². The summed E-state index contributed by atoms with van der Waals surface area (Å²) < 4.78 is 7.71. The molecule has 1 N–H and O–H groups in total. The van der Waals surface area contributed by atoms with Crippen molar-refractivity contribution in [1.29, 1.82) is 0 Å². The van der Waals surface area contributed by atoms with Crippen LogP contribution >= 0.6 is 27.3 Å². The fraction of sp³-hybridized carbons (Fsp3) is 0.278. The minimum Gasteiger partial charge on any atom is -0.462 e. The Balaban J connectivity index is 2.02. The first-order valence-corrected chi connectivity index (χ1v) is 9.67. The highest BCUT2D eigenvalue weighted by Crippen LogP contribution is 2.33. The first kappa shape index (κ1) is 18.6. The predicted octanol–water partition coefficient (Wildman–Crippen LogP) is 4.51. The molecule has 0 unspecified atom stereocenters. The van der Waals surface area contributed by atoms with E-state index in [0.717, 1.165) is 14.9 Å². The van der Waals surface area contributed by atoms with Gasteiger partial charge in [-0.1, -0.05) is 0 Å². The second-order valence-corrected chi connectivity index (χ2v) is 7.92. The Labute approximate surface area is 163 Å². The Morgan fingerprint density at radius 2 is 2.04 bits per heavy atom. The predicted molar refractivity (Wildman–Crippen MR) is 105 cm³/mol. The van der Waals surface area contributed by atoms with Crippen LogP contribution in [-0.4, -0.2) is 27.9 Å². The molecule has 0 aliphatic carbocycles. The summed E-state index contributed by atoms with van der Waals surface area (Å²) >= 11 is 4.78. The van der Waals surface area contributed by atoms with Crippen LogP contribution in [0.4, 0.5) is 5.00 Å². The van der Waals surface area contributed by atoms with Crippen molar-refractivity contribution >= 4 is 49.8 Å². The molecule has 0 aromatic carbocycles. The lowest BCUT2D eigenvalue weighted by Crippen LogP contribution is -2.17. The van der Waals surface area contributed by atoms with E-state index < -0.39 is 5.97 Å². The first-order chi connectivity index (χ1) is 12.3. The maximum atomic E-state index is 12.9. The molecule has 0 radical (unpaired) electrons. The number of aryl methyl sites for hydroxylation is 2. The number of esters is 1. The molecule has 0 fully saturated rings. The molecule has 0 aliphatic heterocycles. The summed E-state index contributed by atoms with van der Waals surface area (Å²) in [6.07, 6.45) is 1.79. The van der Waals surface area contributed by atoms with Crippen LogP contribution in [-0.2, 0) is 4.74 Å². The van der Waals surface area contributed by atoms with Gasteiger partial charge in [-0.05, 0) is 61.3 Å². The van der Waals surface area contributed by atoms with Crippen LogP contribution in [0.25, 0.3) is 5.65 Å². The molecule has 3 heterocycles. The van der Waals surface area contributed by atoms with Gasteiger partial charge < -0.3 is 10.1 Å². The molecule has 3 rings (SSSR count). The van der Waals surface area contributed by atoms with Crippen LogP contribution in [0.5, 0.6) is 0 Å². The highest BCUT2D eigenvalue weighted by Gasteiger charge is 2.24. The number of ether oxygens (including phenoxy) is 1. The van der Waals surface area contributed by atoms with E-state index in [-0.39, 0.29) is 12.5 Å². The van der Waals surface area contributed by atoms with Gasteiger partial charge in [0.2, 0.25) is 0 Å². The Morgan fingerprint density at radius 3 is 2.73 bits per heavy atom. The van der Waals surface area contributed by atoms with Crippen LogP contribution in [0.3, 0.4) is 0 Å². The minimum absolute atomic E-state index is 0.279. The van der Waals surface area contributed by atoms with Crippen molar-refractivity contribution in [2.24, 2.45) is 0 Å². The molecule has 0 bridgehead atoms. The molecule has 0 saturated heterocycles. The smallest absolute Gasteiger partial charge is 0.341 e. The molecule has 136 valence electrons. The fourth-order valence-electron chi connectivity index (χ4n) is 2.74. The van der Waals surface area contributed by atoms with E-state index in [4.69, 9.17) is 4.74 Å². The number of amides is 1. The summed E-state index contributed by atoms with van der Waals surface area (Å²) in [4.78, 5) is 30.6. The molecule has 0 spiro atoms. The Hall–Kier alpha value is -2.19. The molecule has 0 aliphatic rings. The largest absolute Gasteiger partial charge is 0.462 e. The number of hydrogen-bond acceptors (Lipinski definition) is 5. The summed E-state index contributed by atoms with van der Waals surface area (Å²) in [5.41, 5.74) is 2.96. The zero-order valence-corrected chi connectivity index (χ0v) is 17.2. The van der Waals surface area contributed by atoms with Crippen LogP contribution in [0.1, 0.15) is 43.9 Å². The molecule has 0 saturated carbocycles. The van der Waals surface area contributed by atoms with Crippen LogP contribution < -0.4 is 5.32 Å². The highest BCUT2D eigenvalue weighted by molar-refractivity contribution is 9.10. The van der Waals surface area contributed by atoms with Crippen LogP contribution in [0.2, 0.25) is 0 Å². The second kappa shape index (κ2) is 7.20. The van der Waals surface area contributed by atoms with E-state index in [9.17, 15) is 9.59 Å². The number of imidazole rings is 1. The second-order valence-electron chi connectivity index (χ2n) is 5.78. The van der Waals surface area contributed by atoms with E-state index >= 15 is 0 Å². The van der Waals surface area contributed by atoms with Crippen LogP contribution in [0.15, 0.2) is 22.8 Å². The third-order valence-electron chi connectivity index (χ3n) is 4.06. The number of fused-ring (bicyclic) bond motifs is 1. The van der Waals surface area contributed by atoms with E-state index in [1.54, 1.807) is 24.4 Å². The van der Waals surface area contributed by atoms with Gasteiger partial charge in [-0.15, -0.1) is 11.3 Å². The minimum atomic E-state index is -0.428. The number of thiophene rings is 1. The summed E-state index contributed by atoms with van der Waals surface area (Å²) in [5, 5.41) is 3.36. The number of hydrogen-bond donors (Lipinski definition) is 1. The maximum Gasteiger partial charge on any atom is 0.341 e. The molecular weight excluding hydrogens is 418 g/mol. The molecule has 0 atom stereocenters. The van der Waals surface area contributed by atoms with Gasteiger partial charge in [-0.3, -0.25) is 9.20 Å². The monoisotopic (exact) mass is 435 g/mol. The zero-order chi connectivity index (χ0) is 19.0. The molecule has 8 heteroatoms. The molecule has 26 heavy (non-hydrogen) atoms. The SMILES string of the molecule is CCOC(=O)c1c(NC(=O)c2c(C)nc3ccc(Br)cn23)sc(C)c1C. The molecule has 1 amide bonds. The topological polar surface area (TPSA) is 72.7 Å². The van der Waals surface area contributed by atoms with E-state index in [0.29, 0.717) is 27.6 Å². The highest BCUT2D eigenvalue weighted by atomic mass is 79.9. The normalized spacial score (nSPS) is 11.0. The number of pyridine rings is 1. The van der Waals surface area contributed by atoms with Gasteiger partial charge in [0.25, 0.3) is 5.91 Å². The first-order valence-electron chi connectivity index (χ1n) is 8.06. The summed E-state index contributed by atoms with van der Waals surface area (Å²) in [7, 11) is 0. The Morgan fingerprint density at radius 1 is 1.31 bits per heavy atom. The molecule has 3 aromatic rings. The van der Waals surface area contributed by atoms with Gasteiger partial charge in [-0.25, -0.2) is 9.78 Å². The average molecular weight is 436 g/mol. The van der Waals surface area contributed by atoms with Crippen molar-refractivity contribution in [3.8, 4) is 0 Å². The molecule has 6 nitrogen and oxygen atoms in total. The summed E-state index contributed by atoms with van der Waals surface area (Å²) in [5.74, 6) is -0.748. The molecular formula is C18H18BrN3O3S. The van der Waals surface area contributed by atoms with Gasteiger partial charge >= 0.3 is 5.97 Å². The number of nitrogens with zero attached hydrogens (tertiary/aromatic N) is 2. The fourth-order valence-corrected chi connectivity index (χ4v) is 4.12. The molecule has 3 aromatic heterocycles. The van der Waals surface area contributed by atoms with Gasteiger partial charge in [0.15, 0.2) is 0 Å². The van der Waals surface area contributed by atoms with Crippen molar-refractivity contribution in [2.75, 3.05) is 11.9 Å². The quantitative estimate of drug-likeness (QED) is 0.611. The van der Waals surface area contributed by atoms with E-state index in [1.165, 1.54) is 11.3 Å². The van der Waals surface area contributed by atoms with Crippen molar-refractivity contribution in [3.63, 3.8) is 0 Å². The van der Waals surface area contributed by atoms with Crippen LogP contribution in [0, 0.1) is 20.8 Å². The standard InChI is InChI=1S/C18H18BrN3O3S/c1-5-25-18(24)14-9(2)11(4)26-17(14)21-16(23)15-10(3)20-13-7-6-12(19)8-22(13)15/h6-8H,5H2,1-4H3,(H,21,23). The lowest BCUT2D eigenvalue weighted by molar-refractivity contribution is 0.0527. The van der Waals surface area contributed by atoms with Gasteiger partial charge in [0.1, 0.15) is 16.3 Å². The Kier molecular flexibility index (Phi) is 5.15. The maximum absolute atomic E-state index is 12.9. The summed E-state index contributed by atoms with van der Waals surface area (Å²) in [6, 6.07) is 3.70. The average Bonchev–Trinajstić information content (AvgIpc) is 3.03. The van der Waals surface area contributed by atoms with Crippen molar-refractivity contribution in [1.82, 2.24) is 9.38 Å². The zero-order valence-electron chi connectivity index (χ0n) is 14.8. The summed E-state index contributed by atoms with van der Waals surface area (Å²) in [6.45, 7) is 7.58. The number of carbonyl (C=O) groups excluding carboxylic acids is 2. The number of rotatable bonds is 4. The number of anilines is 1. The van der Waals surface area contributed by atoms with Crippen molar-refractivity contribution < 1.29 is 14.3 Å². The number of carbonyl (C=O) groups is 2. The van der Waals surface area contributed by atoms with E-state index in [2.05, 4.69) is 26.2 Å². The third-order valence-corrected chi connectivity index (χ3v) is 5.66. The Bertz CT molecular complexity index is 1020. The van der Waals surface area contributed by atoms with Crippen molar-refractivity contribution in [2.45, 2.75) is 27.7 Å². The van der Waals surface area contributed by atoms with Gasteiger partial charge in [0, 0.05) is 15.5 Å². The number of nitrogens with one attached hydrogen (secondary N) is 1. The lowest BCUT2D eigenvalue weighted by Gasteiger charge is -2.08. The number of halogens is 1. The van der Waals surface area contributed by atoms with Gasteiger partial charge in [-0.2, -0.15) is 0 Å². The van der Waals surface area contributed by atoms with E-state index in [1.807, 2.05) is 26.0 Å². The van der Waals surface area contributed by atoms with Crippen molar-refractivity contribution in [3.05, 3.63) is 50.2 Å². The lowest BCUT2D eigenvalue weighted by atomic mass is 10.1.